The molecule has 0 aliphatic carbocycles. The fourth-order valence-corrected chi connectivity index (χ4v) is 5.39. The van der Waals surface area contributed by atoms with Crippen LogP contribution in [0.5, 0.6) is 0 Å². The van der Waals surface area contributed by atoms with Crippen molar-refractivity contribution in [3.63, 3.8) is 0 Å². The van der Waals surface area contributed by atoms with Gasteiger partial charge < -0.3 is 10.6 Å². The average molecular weight is 498 g/mol. The third-order valence-electron chi connectivity index (χ3n) is 6.92. The molecule has 1 amide bonds. The van der Waals surface area contributed by atoms with E-state index in [1.54, 1.807) is 25.1 Å². The van der Waals surface area contributed by atoms with E-state index in [0.717, 1.165) is 6.42 Å². The van der Waals surface area contributed by atoms with E-state index in [4.69, 9.17) is 10.7 Å². The maximum atomic E-state index is 14.2. The molecule has 0 spiro atoms. The normalized spacial score (nSPS) is 17.4. The Morgan fingerprint density at radius 3 is 2.60 bits per heavy atom. The molecule has 8 nitrogen and oxygen atoms in total. The van der Waals surface area contributed by atoms with Crippen molar-refractivity contribution in [2.45, 2.75) is 44.6 Å². The van der Waals surface area contributed by atoms with Crippen LogP contribution < -0.4 is 15.4 Å². The molecule has 4 rings (SSSR count). The second-order valence-corrected chi connectivity index (χ2v) is 10.9. The van der Waals surface area contributed by atoms with Crippen molar-refractivity contribution in [1.82, 2.24) is 14.7 Å². The van der Waals surface area contributed by atoms with Crippen molar-refractivity contribution in [2.24, 2.45) is 5.92 Å². The number of rotatable bonds is 5. The number of pyridine rings is 2. The fraction of sp³-hybridized carbons (Fsp3) is 0.320. The molecule has 35 heavy (non-hydrogen) atoms. The molecule has 1 saturated heterocycles. The van der Waals surface area contributed by atoms with Gasteiger partial charge in [-0.2, -0.15) is 0 Å². The van der Waals surface area contributed by atoms with Crippen LogP contribution in [0.4, 0.5) is 16.0 Å². The maximum Gasteiger partial charge on any atom is 0.268 e. The second kappa shape index (κ2) is 8.92. The number of nitrogens with one attached hydrogen (secondary N) is 1. The highest BCUT2D eigenvalue weighted by Gasteiger charge is 2.41. The zero-order valence-corrected chi connectivity index (χ0v) is 20.9. The lowest BCUT2D eigenvalue weighted by molar-refractivity contribution is 0.0981. The van der Waals surface area contributed by atoms with E-state index in [9.17, 15) is 17.6 Å². The summed E-state index contributed by atoms with van der Waals surface area (Å²) in [7, 11) is -4.28. The number of amides is 1. The van der Waals surface area contributed by atoms with Gasteiger partial charge in [-0.3, -0.25) is 4.79 Å². The van der Waals surface area contributed by atoms with E-state index in [1.807, 2.05) is 4.90 Å². The van der Waals surface area contributed by atoms with Crippen molar-refractivity contribution in [1.29, 1.82) is 0 Å². The number of nitrogens with two attached hydrogens (primary N) is 1. The van der Waals surface area contributed by atoms with E-state index in [1.165, 1.54) is 30.5 Å². The topological polar surface area (TPSA) is 118 Å². The molecule has 2 aromatic heterocycles. The summed E-state index contributed by atoms with van der Waals surface area (Å²) in [5, 5.41) is 0. The molecule has 1 aliphatic rings. The summed E-state index contributed by atoms with van der Waals surface area (Å²) >= 11 is 0. The van der Waals surface area contributed by atoms with Gasteiger partial charge in [0.15, 0.2) is 0 Å². The smallest absolute Gasteiger partial charge is 0.268 e. The first-order valence-corrected chi connectivity index (χ1v) is 12.7. The first kappa shape index (κ1) is 24.6. The Morgan fingerprint density at radius 1 is 1.20 bits per heavy atom. The Hall–Kier alpha value is -3.53. The Kier molecular flexibility index (Phi) is 6.27. The quantitative estimate of drug-likeness (QED) is 0.548. The van der Waals surface area contributed by atoms with Crippen molar-refractivity contribution < 1.29 is 17.6 Å². The van der Waals surface area contributed by atoms with Gasteiger partial charge in [0, 0.05) is 23.8 Å². The van der Waals surface area contributed by atoms with Crippen LogP contribution in [-0.4, -0.2) is 36.4 Å². The van der Waals surface area contributed by atoms with Gasteiger partial charge in [-0.05, 0) is 69.0 Å². The summed E-state index contributed by atoms with van der Waals surface area (Å²) in [6.45, 7) is 8.53. The van der Waals surface area contributed by atoms with E-state index in [2.05, 4.69) is 30.5 Å². The molecule has 1 aliphatic heterocycles. The minimum absolute atomic E-state index is 0.0935. The highest BCUT2D eigenvalue weighted by atomic mass is 32.2. The van der Waals surface area contributed by atoms with Crippen LogP contribution in [0.2, 0.25) is 0 Å². The highest BCUT2D eigenvalue weighted by Crippen LogP contribution is 2.39. The minimum Gasteiger partial charge on any atom is -0.383 e. The standard InChI is InChI=1S/C25H28FN5O3S/c1-15-12-14-31(25(15,3)4)23-18(10-11-20(29-23)17-7-5-8-19(26)16(17)2)24(32)30-35(33,34)21-9-6-13-28-22(21)27/h5-11,13,15H,12,14H2,1-4H3,(H2,27,28)(H,30,32). The number of hydrogen-bond donors (Lipinski definition) is 2. The molecule has 3 heterocycles. The van der Waals surface area contributed by atoms with E-state index in [0.29, 0.717) is 35.1 Å². The van der Waals surface area contributed by atoms with Crippen molar-refractivity contribution in [3.05, 3.63) is 65.6 Å². The molecule has 1 unspecified atom stereocenters. The Labute approximate surface area is 204 Å². The number of nitrogens with zero attached hydrogens (tertiary/aromatic N) is 3. The predicted molar refractivity (Wildman–Crippen MR) is 133 cm³/mol. The summed E-state index contributed by atoms with van der Waals surface area (Å²) in [6.07, 6.45) is 2.24. The highest BCUT2D eigenvalue weighted by molar-refractivity contribution is 7.90. The Balaban J connectivity index is 1.81. The third kappa shape index (κ3) is 4.45. The lowest BCUT2D eigenvalue weighted by atomic mass is 9.90. The number of sulfonamides is 1. The first-order valence-electron chi connectivity index (χ1n) is 11.3. The molecule has 0 saturated carbocycles. The van der Waals surface area contributed by atoms with Crippen LogP contribution in [-0.2, 0) is 10.0 Å². The van der Waals surface area contributed by atoms with Crippen LogP contribution in [0.3, 0.4) is 0 Å². The monoisotopic (exact) mass is 497 g/mol. The van der Waals surface area contributed by atoms with E-state index >= 15 is 0 Å². The number of nitrogen functional groups attached to an aromatic ring is 1. The third-order valence-corrected chi connectivity index (χ3v) is 8.30. The lowest BCUT2D eigenvalue weighted by Gasteiger charge is -2.36. The van der Waals surface area contributed by atoms with Gasteiger partial charge in [-0.1, -0.05) is 19.1 Å². The zero-order valence-electron chi connectivity index (χ0n) is 20.0. The molecule has 184 valence electrons. The van der Waals surface area contributed by atoms with Crippen LogP contribution in [0.25, 0.3) is 11.3 Å². The average Bonchev–Trinajstić information content (AvgIpc) is 3.07. The molecule has 3 N–H and O–H groups in total. The number of hydrogen-bond acceptors (Lipinski definition) is 7. The molecule has 0 radical (unpaired) electrons. The summed E-state index contributed by atoms with van der Waals surface area (Å²) in [6, 6.07) is 10.6. The number of aromatic nitrogens is 2. The number of carbonyl (C=O) groups is 1. The predicted octanol–water partition coefficient (Wildman–Crippen LogP) is 3.92. The maximum absolute atomic E-state index is 14.2. The molecule has 1 fully saturated rings. The molecule has 1 aromatic carbocycles. The minimum atomic E-state index is -4.28. The van der Waals surface area contributed by atoms with Gasteiger partial charge in [0.1, 0.15) is 22.3 Å². The van der Waals surface area contributed by atoms with Crippen molar-refractivity contribution in [3.8, 4) is 11.3 Å². The number of halogens is 1. The summed E-state index contributed by atoms with van der Waals surface area (Å²) in [5.74, 6) is -0.764. The van der Waals surface area contributed by atoms with Crippen LogP contribution >= 0.6 is 0 Å². The molecule has 1 atom stereocenters. The van der Waals surface area contributed by atoms with Gasteiger partial charge >= 0.3 is 0 Å². The van der Waals surface area contributed by atoms with E-state index in [-0.39, 0.29) is 27.6 Å². The van der Waals surface area contributed by atoms with Crippen LogP contribution in [0.15, 0.2) is 53.6 Å². The van der Waals surface area contributed by atoms with Crippen LogP contribution in [0.1, 0.15) is 43.1 Å². The van der Waals surface area contributed by atoms with Gasteiger partial charge in [-0.25, -0.2) is 27.5 Å². The molecular weight excluding hydrogens is 469 g/mol. The van der Waals surface area contributed by atoms with Crippen LogP contribution in [0, 0.1) is 18.7 Å². The molecular formula is C25H28FN5O3S. The van der Waals surface area contributed by atoms with Gasteiger partial charge in [0.05, 0.1) is 11.3 Å². The van der Waals surface area contributed by atoms with E-state index < -0.39 is 15.9 Å². The summed E-state index contributed by atoms with van der Waals surface area (Å²) < 4.78 is 42.1. The number of carbonyl (C=O) groups excluding carboxylic acids is 1. The Bertz CT molecular complexity index is 1410. The Morgan fingerprint density at radius 2 is 1.94 bits per heavy atom. The zero-order chi connectivity index (χ0) is 25.5. The lowest BCUT2D eigenvalue weighted by Crippen LogP contribution is -2.43. The largest absolute Gasteiger partial charge is 0.383 e. The van der Waals surface area contributed by atoms with Crippen molar-refractivity contribution >= 4 is 27.6 Å². The molecule has 0 bridgehead atoms. The fourth-order valence-electron chi connectivity index (χ4n) is 4.34. The summed E-state index contributed by atoms with van der Waals surface area (Å²) in [5.41, 5.74) is 6.99. The number of anilines is 2. The second-order valence-electron chi connectivity index (χ2n) is 9.30. The SMILES string of the molecule is Cc1c(F)cccc1-c1ccc(C(=O)NS(=O)(=O)c2cccnc2N)c(N2CCC(C)C2(C)C)n1. The summed E-state index contributed by atoms with van der Waals surface area (Å²) in [4.78, 5) is 23.6. The first-order chi connectivity index (χ1) is 16.4. The molecule has 3 aromatic rings. The van der Waals surface area contributed by atoms with Gasteiger partial charge in [-0.15, -0.1) is 0 Å². The van der Waals surface area contributed by atoms with Gasteiger partial charge in [0.25, 0.3) is 15.9 Å². The van der Waals surface area contributed by atoms with Crippen molar-refractivity contribution in [2.75, 3.05) is 17.2 Å². The van der Waals surface area contributed by atoms with Gasteiger partial charge in [0.2, 0.25) is 0 Å². The molecule has 10 heteroatoms. The number of benzene rings is 1.